The first-order valence-electron chi connectivity index (χ1n) is 10.5. The molecule has 1 aliphatic rings. The lowest BCUT2D eigenvalue weighted by molar-refractivity contribution is -0.127. The molecule has 36 heavy (non-hydrogen) atoms. The minimum atomic E-state index is -4.08. The third-order valence-electron chi connectivity index (χ3n) is 4.95. The van der Waals surface area contributed by atoms with Gasteiger partial charge >= 0.3 is 10.1 Å². The number of nitrogens with one attached hydrogen (secondary N) is 1. The van der Waals surface area contributed by atoms with Crippen molar-refractivity contribution in [2.24, 2.45) is 0 Å². The topological polar surface area (TPSA) is 119 Å². The molecule has 184 valence electrons. The molecular formula is C25H20N2O7S2. The third kappa shape index (κ3) is 5.75. The molecule has 4 rings (SSSR count). The molecule has 1 fully saturated rings. The summed E-state index contributed by atoms with van der Waals surface area (Å²) < 4.78 is 35.6. The van der Waals surface area contributed by atoms with E-state index in [-0.39, 0.29) is 21.3 Å². The van der Waals surface area contributed by atoms with Crippen molar-refractivity contribution in [3.63, 3.8) is 0 Å². The van der Waals surface area contributed by atoms with E-state index in [9.17, 15) is 22.8 Å². The molecule has 1 heterocycles. The van der Waals surface area contributed by atoms with E-state index in [2.05, 4.69) is 5.32 Å². The molecule has 0 spiro atoms. The van der Waals surface area contributed by atoms with Gasteiger partial charge in [0.25, 0.3) is 11.1 Å². The van der Waals surface area contributed by atoms with Gasteiger partial charge in [-0.25, -0.2) is 0 Å². The maximum atomic E-state index is 12.8. The molecule has 1 aliphatic heterocycles. The quantitative estimate of drug-likeness (QED) is 0.345. The van der Waals surface area contributed by atoms with Crippen molar-refractivity contribution in [2.75, 3.05) is 19.0 Å². The molecule has 0 atom stereocenters. The minimum absolute atomic E-state index is 0.0129. The fourth-order valence-corrected chi connectivity index (χ4v) is 5.05. The van der Waals surface area contributed by atoms with Crippen molar-refractivity contribution >= 4 is 50.7 Å². The lowest BCUT2D eigenvalue weighted by Crippen LogP contribution is -2.36. The largest absolute Gasteiger partial charge is 0.493 e. The number of thioether (sulfide) groups is 1. The maximum Gasteiger partial charge on any atom is 0.339 e. The van der Waals surface area contributed by atoms with Gasteiger partial charge in [0.05, 0.1) is 12.0 Å². The summed E-state index contributed by atoms with van der Waals surface area (Å²) in [6, 6.07) is 20.7. The summed E-state index contributed by atoms with van der Waals surface area (Å²) in [5.74, 6) is -1.04. The lowest BCUT2D eigenvalue weighted by Gasteiger charge is -2.12. The number of carbonyl (C=O) groups is 3. The summed E-state index contributed by atoms with van der Waals surface area (Å²) >= 11 is 0.700. The van der Waals surface area contributed by atoms with Crippen LogP contribution in [0.4, 0.5) is 10.5 Å². The van der Waals surface area contributed by atoms with Crippen molar-refractivity contribution in [3.05, 3.63) is 89.3 Å². The van der Waals surface area contributed by atoms with Gasteiger partial charge in [0.1, 0.15) is 11.4 Å². The molecule has 11 heteroatoms. The number of anilines is 1. The van der Waals surface area contributed by atoms with E-state index in [1.165, 1.54) is 43.5 Å². The number of benzene rings is 3. The van der Waals surface area contributed by atoms with Crippen LogP contribution >= 0.6 is 11.8 Å². The molecule has 0 bridgehead atoms. The Labute approximate surface area is 211 Å². The van der Waals surface area contributed by atoms with Crippen LogP contribution in [0.25, 0.3) is 6.08 Å². The predicted octanol–water partition coefficient (Wildman–Crippen LogP) is 4.14. The Morgan fingerprint density at radius 2 is 1.64 bits per heavy atom. The molecule has 1 saturated heterocycles. The summed E-state index contributed by atoms with van der Waals surface area (Å²) in [6.07, 6.45) is 1.46. The molecule has 1 N–H and O–H groups in total. The number of methoxy groups -OCH3 is 1. The Morgan fingerprint density at radius 1 is 0.972 bits per heavy atom. The van der Waals surface area contributed by atoms with Gasteiger partial charge in [-0.1, -0.05) is 42.5 Å². The highest BCUT2D eigenvalue weighted by molar-refractivity contribution is 8.18. The van der Waals surface area contributed by atoms with Crippen LogP contribution in [0.3, 0.4) is 0 Å². The standard InChI is InChI=1S/C25H20N2O7S2/c1-33-21-14-17(12-13-20(21)34-36(31,32)19-10-6-3-7-11-19)15-22-24(29)27(25(30)35-22)16-23(28)26-18-8-4-2-5-9-18/h2-15H,16H2,1H3,(H,26,28)/b22-15-. The number of hydrogen-bond donors (Lipinski definition) is 1. The second-order valence-electron chi connectivity index (χ2n) is 7.44. The number of para-hydroxylation sites is 1. The molecule has 9 nitrogen and oxygen atoms in total. The third-order valence-corrected chi connectivity index (χ3v) is 7.11. The summed E-state index contributed by atoms with van der Waals surface area (Å²) in [6.45, 7) is -0.426. The number of nitrogens with zero attached hydrogens (tertiary/aromatic N) is 1. The number of rotatable bonds is 8. The van der Waals surface area contributed by atoms with Crippen molar-refractivity contribution in [1.29, 1.82) is 0 Å². The Kier molecular flexibility index (Phi) is 7.41. The highest BCUT2D eigenvalue weighted by atomic mass is 32.2. The van der Waals surface area contributed by atoms with Crippen molar-refractivity contribution in [1.82, 2.24) is 4.90 Å². The molecule has 3 aromatic carbocycles. The molecule has 0 radical (unpaired) electrons. The molecule has 3 amide bonds. The van der Waals surface area contributed by atoms with Crippen LogP contribution in [0.15, 0.2) is 88.7 Å². The van der Waals surface area contributed by atoms with E-state index in [1.54, 1.807) is 48.5 Å². The first-order chi connectivity index (χ1) is 17.3. The van der Waals surface area contributed by atoms with E-state index in [4.69, 9.17) is 8.92 Å². The van der Waals surface area contributed by atoms with Gasteiger partial charge in [-0.15, -0.1) is 0 Å². The van der Waals surface area contributed by atoms with E-state index in [0.29, 0.717) is 23.0 Å². The predicted molar refractivity (Wildman–Crippen MR) is 135 cm³/mol. The zero-order chi connectivity index (χ0) is 25.7. The van der Waals surface area contributed by atoms with Gasteiger partial charge in [0.2, 0.25) is 5.91 Å². The second kappa shape index (κ2) is 10.7. The van der Waals surface area contributed by atoms with Crippen molar-refractivity contribution in [2.45, 2.75) is 4.90 Å². The average Bonchev–Trinajstić information content (AvgIpc) is 3.13. The van der Waals surface area contributed by atoms with Gasteiger partial charge in [-0.2, -0.15) is 8.42 Å². The van der Waals surface area contributed by atoms with Crippen molar-refractivity contribution in [3.8, 4) is 11.5 Å². The summed E-state index contributed by atoms with van der Waals surface area (Å²) in [5, 5.41) is 2.06. The van der Waals surface area contributed by atoms with Gasteiger partial charge in [0, 0.05) is 5.69 Å². The van der Waals surface area contributed by atoms with E-state index < -0.39 is 33.7 Å². The highest BCUT2D eigenvalue weighted by Crippen LogP contribution is 2.35. The van der Waals surface area contributed by atoms with E-state index >= 15 is 0 Å². The highest BCUT2D eigenvalue weighted by Gasteiger charge is 2.36. The van der Waals surface area contributed by atoms with Crippen molar-refractivity contribution < 1.29 is 31.7 Å². The summed E-state index contributed by atoms with van der Waals surface area (Å²) in [4.78, 5) is 38.4. The molecule has 0 aromatic heterocycles. The number of hydrogen-bond acceptors (Lipinski definition) is 8. The van der Waals surface area contributed by atoms with Gasteiger partial charge in [0.15, 0.2) is 11.5 Å². The maximum absolute atomic E-state index is 12.8. The number of imide groups is 1. The van der Waals surface area contributed by atoms with E-state index in [0.717, 1.165) is 4.90 Å². The van der Waals surface area contributed by atoms with Crippen LogP contribution in [0.5, 0.6) is 11.5 Å². The molecule has 0 unspecified atom stereocenters. The fraction of sp³-hybridized carbons (Fsp3) is 0.0800. The summed E-state index contributed by atoms with van der Waals surface area (Å²) in [7, 11) is -2.73. The van der Waals surface area contributed by atoms with Crippen LogP contribution in [0.2, 0.25) is 0 Å². The monoisotopic (exact) mass is 524 g/mol. The van der Waals surface area contributed by atoms with Gasteiger partial charge < -0.3 is 14.2 Å². The van der Waals surface area contributed by atoms with Crippen LogP contribution in [-0.4, -0.2) is 44.0 Å². The van der Waals surface area contributed by atoms with Gasteiger partial charge in [-0.05, 0) is 59.8 Å². The normalized spacial score (nSPS) is 14.7. The van der Waals surface area contributed by atoms with E-state index in [1.807, 2.05) is 0 Å². The van der Waals surface area contributed by atoms with Crippen LogP contribution in [0, 0.1) is 0 Å². The number of ether oxygens (including phenoxy) is 1. The number of carbonyl (C=O) groups excluding carboxylic acids is 3. The van der Waals surface area contributed by atoms with Gasteiger partial charge in [-0.3, -0.25) is 19.3 Å². The Morgan fingerprint density at radius 3 is 2.31 bits per heavy atom. The smallest absolute Gasteiger partial charge is 0.339 e. The molecule has 0 saturated carbocycles. The number of amides is 3. The second-order valence-corrected chi connectivity index (χ2v) is 9.98. The molecular weight excluding hydrogens is 504 g/mol. The zero-order valence-electron chi connectivity index (χ0n) is 18.9. The lowest BCUT2D eigenvalue weighted by atomic mass is 10.2. The SMILES string of the molecule is COc1cc(/C=C2\SC(=O)N(CC(=O)Nc3ccccc3)C2=O)ccc1OS(=O)(=O)c1ccccc1. The molecule has 0 aliphatic carbocycles. The first-order valence-corrected chi connectivity index (χ1v) is 12.8. The Bertz CT molecular complexity index is 1440. The first kappa shape index (κ1) is 25.0. The average molecular weight is 525 g/mol. The van der Waals surface area contributed by atoms with Crippen LogP contribution in [-0.2, 0) is 19.7 Å². The Hall–Kier alpha value is -4.09. The fourth-order valence-electron chi connectivity index (χ4n) is 3.25. The Balaban J connectivity index is 1.49. The van der Waals surface area contributed by atoms with Crippen LogP contribution < -0.4 is 14.2 Å². The minimum Gasteiger partial charge on any atom is -0.493 e. The zero-order valence-corrected chi connectivity index (χ0v) is 20.5. The summed E-state index contributed by atoms with van der Waals surface area (Å²) in [5.41, 5.74) is 1.02. The van der Waals surface area contributed by atoms with Crippen LogP contribution in [0.1, 0.15) is 5.56 Å². The molecule has 3 aromatic rings.